The predicted molar refractivity (Wildman–Crippen MR) is 75.5 cm³/mol. The molecule has 0 rings (SSSR count). The van der Waals surface area contributed by atoms with Crippen molar-refractivity contribution in [3.05, 3.63) is 0 Å². The summed E-state index contributed by atoms with van der Waals surface area (Å²) in [6.07, 6.45) is 0. The summed E-state index contributed by atoms with van der Waals surface area (Å²) < 4.78 is 6.37. The lowest BCUT2D eigenvalue weighted by atomic mass is 10.9. The topological polar surface area (TPSA) is 9.23 Å². The average Bonchev–Trinajstić information content (AvgIpc) is 2.30. The van der Waals surface area contributed by atoms with Crippen molar-refractivity contribution < 1.29 is 4.43 Å². The van der Waals surface area contributed by atoms with Crippen molar-refractivity contribution in [2.24, 2.45) is 0 Å². The Morgan fingerprint density at radius 2 is 1.07 bits per heavy atom. The van der Waals surface area contributed by atoms with E-state index in [1.807, 2.05) is 0 Å². The molecule has 0 aliphatic heterocycles. The normalized spacial score (nSPS) is 13.2. The van der Waals surface area contributed by atoms with Crippen LogP contribution < -0.4 is 0 Å². The van der Waals surface area contributed by atoms with Gasteiger partial charge in [-0.05, 0) is 19.0 Å². The van der Waals surface area contributed by atoms with E-state index in [-0.39, 0.29) is 0 Å². The number of rotatable bonds is 8. The Labute approximate surface area is 98.5 Å². The first-order valence-corrected chi connectivity index (χ1v) is 12.7. The highest BCUT2D eigenvalue weighted by molar-refractivity contribution is 7.40. The minimum Gasteiger partial charge on any atom is -0.420 e. The molecule has 92 valence electrons. The van der Waals surface area contributed by atoms with Crippen molar-refractivity contribution in [1.29, 1.82) is 0 Å². The maximum absolute atomic E-state index is 6.37. The van der Waals surface area contributed by atoms with Gasteiger partial charge in [-0.25, -0.2) is 0 Å². The van der Waals surface area contributed by atoms with Crippen molar-refractivity contribution >= 4 is 15.4 Å². The molecule has 3 heteroatoms. The van der Waals surface area contributed by atoms with Gasteiger partial charge in [-0.3, -0.25) is 0 Å². The second-order valence-electron chi connectivity index (χ2n) is 4.48. The Hall–Kier alpha value is 0.394. The highest BCUT2D eigenvalue weighted by atomic mass is 29.3. The number of hydrogen-bond donors (Lipinski definition) is 0. The average molecular weight is 247 g/mol. The van der Waals surface area contributed by atoms with Crippen LogP contribution in [0.15, 0.2) is 0 Å². The molecule has 1 nitrogen and oxygen atoms in total. The van der Waals surface area contributed by atoms with E-state index in [1.54, 1.807) is 0 Å². The van der Waals surface area contributed by atoms with E-state index in [1.165, 1.54) is 30.2 Å². The van der Waals surface area contributed by atoms with Crippen LogP contribution in [0.3, 0.4) is 0 Å². The van der Waals surface area contributed by atoms with Gasteiger partial charge >= 0.3 is 0 Å². The fourth-order valence-corrected chi connectivity index (χ4v) is 21.7. The maximum Gasteiger partial charge on any atom is 0.179 e. The van der Waals surface area contributed by atoms with Crippen molar-refractivity contribution in [3.8, 4) is 0 Å². The van der Waals surface area contributed by atoms with Crippen LogP contribution >= 0.6 is 0 Å². The summed E-state index contributed by atoms with van der Waals surface area (Å²) in [6.45, 7) is 15.1. The Morgan fingerprint density at radius 3 is 1.27 bits per heavy atom. The van der Waals surface area contributed by atoms with E-state index in [2.05, 4.69) is 41.5 Å². The Bertz CT molecular complexity index is 155. The molecule has 0 aromatic carbocycles. The SMILES string of the molecule is CCO[Si](CC)(CC)[Si](CC)(CC)CC. The van der Waals surface area contributed by atoms with Crippen LogP contribution in [0.1, 0.15) is 41.5 Å². The van der Waals surface area contributed by atoms with Gasteiger partial charge in [-0.1, -0.05) is 52.8 Å². The predicted octanol–water partition coefficient (Wildman–Crippen LogP) is 4.60. The molecule has 15 heavy (non-hydrogen) atoms. The van der Waals surface area contributed by atoms with Crippen molar-refractivity contribution in [2.45, 2.75) is 71.8 Å². The standard InChI is InChI=1S/C12H30OSi2/c1-7-13-15(11-5,12-6)14(8-2,9-3)10-4/h7-12H2,1-6H3. The van der Waals surface area contributed by atoms with Crippen molar-refractivity contribution in [3.63, 3.8) is 0 Å². The van der Waals surface area contributed by atoms with Crippen LogP contribution in [0.2, 0.25) is 30.2 Å². The third-order valence-corrected chi connectivity index (χ3v) is 25.2. The van der Waals surface area contributed by atoms with Gasteiger partial charge < -0.3 is 4.43 Å². The second kappa shape index (κ2) is 6.87. The molecule has 0 N–H and O–H groups in total. The quantitative estimate of drug-likeness (QED) is 0.569. The molecule has 0 radical (unpaired) electrons. The maximum atomic E-state index is 6.37. The van der Waals surface area contributed by atoms with Crippen LogP contribution in [-0.4, -0.2) is 22.0 Å². The van der Waals surface area contributed by atoms with Crippen LogP contribution in [-0.2, 0) is 4.43 Å². The monoisotopic (exact) mass is 246 g/mol. The van der Waals surface area contributed by atoms with E-state index in [9.17, 15) is 0 Å². The molecule has 0 fully saturated rings. The van der Waals surface area contributed by atoms with Gasteiger partial charge in [0.15, 0.2) is 7.83 Å². The zero-order chi connectivity index (χ0) is 11.9. The van der Waals surface area contributed by atoms with E-state index < -0.39 is 15.4 Å². The molecule has 0 heterocycles. The van der Waals surface area contributed by atoms with Crippen LogP contribution in [0.25, 0.3) is 0 Å². The molecule has 0 saturated carbocycles. The Kier molecular flexibility index (Phi) is 7.05. The molecule has 0 aliphatic rings. The van der Waals surface area contributed by atoms with E-state index >= 15 is 0 Å². The Balaban J connectivity index is 5.13. The minimum atomic E-state index is -1.38. The molecule has 0 aromatic heterocycles. The molecular weight excluding hydrogens is 216 g/mol. The molecule has 0 aliphatic carbocycles. The smallest absolute Gasteiger partial charge is 0.179 e. The van der Waals surface area contributed by atoms with Gasteiger partial charge in [0.1, 0.15) is 0 Å². The summed E-state index contributed by atoms with van der Waals surface area (Å²) in [4.78, 5) is 0. The fraction of sp³-hybridized carbons (Fsp3) is 1.00. The van der Waals surface area contributed by atoms with Gasteiger partial charge in [0.25, 0.3) is 0 Å². The lowest BCUT2D eigenvalue weighted by Crippen LogP contribution is -2.63. The van der Waals surface area contributed by atoms with Gasteiger partial charge in [-0.15, -0.1) is 0 Å². The molecule has 0 aromatic rings. The largest absolute Gasteiger partial charge is 0.420 e. The number of hydrogen-bond acceptors (Lipinski definition) is 1. The Morgan fingerprint density at radius 1 is 0.667 bits per heavy atom. The van der Waals surface area contributed by atoms with Crippen LogP contribution in [0, 0.1) is 0 Å². The highest BCUT2D eigenvalue weighted by Crippen LogP contribution is 2.36. The van der Waals surface area contributed by atoms with Crippen LogP contribution in [0.5, 0.6) is 0 Å². The first-order chi connectivity index (χ1) is 7.11. The zero-order valence-electron chi connectivity index (χ0n) is 11.7. The van der Waals surface area contributed by atoms with E-state index in [4.69, 9.17) is 4.43 Å². The fourth-order valence-electron chi connectivity index (χ4n) is 3.35. The van der Waals surface area contributed by atoms with Crippen LogP contribution in [0.4, 0.5) is 0 Å². The molecule has 0 unspecified atom stereocenters. The van der Waals surface area contributed by atoms with Crippen molar-refractivity contribution in [1.82, 2.24) is 0 Å². The van der Waals surface area contributed by atoms with Gasteiger partial charge in [0, 0.05) is 6.61 Å². The first-order valence-electron chi connectivity index (χ1n) is 6.75. The van der Waals surface area contributed by atoms with Gasteiger partial charge in [0.05, 0.1) is 7.59 Å². The summed E-state index contributed by atoms with van der Waals surface area (Å²) in [6, 6.07) is 6.94. The summed E-state index contributed by atoms with van der Waals surface area (Å²) in [5.41, 5.74) is 0. The van der Waals surface area contributed by atoms with Gasteiger partial charge in [0.2, 0.25) is 0 Å². The zero-order valence-corrected chi connectivity index (χ0v) is 13.7. The van der Waals surface area contributed by atoms with E-state index in [0.29, 0.717) is 0 Å². The third-order valence-electron chi connectivity index (χ3n) is 4.56. The molecule has 0 bridgehead atoms. The second-order valence-corrected chi connectivity index (χ2v) is 18.8. The lowest BCUT2D eigenvalue weighted by Gasteiger charge is -2.45. The molecular formula is C12H30OSi2. The van der Waals surface area contributed by atoms with Gasteiger partial charge in [-0.2, -0.15) is 0 Å². The molecule has 0 spiro atoms. The summed E-state index contributed by atoms with van der Waals surface area (Å²) >= 11 is 0. The minimum absolute atomic E-state index is 0.933. The first kappa shape index (κ1) is 15.4. The molecule has 0 saturated heterocycles. The third kappa shape index (κ3) is 2.74. The highest BCUT2D eigenvalue weighted by Gasteiger charge is 2.50. The molecule has 0 atom stereocenters. The lowest BCUT2D eigenvalue weighted by molar-refractivity contribution is 0.332. The summed E-state index contributed by atoms with van der Waals surface area (Å²) in [7, 11) is -2.49. The summed E-state index contributed by atoms with van der Waals surface area (Å²) in [5, 5.41) is 0. The molecule has 0 amide bonds. The van der Waals surface area contributed by atoms with E-state index in [0.717, 1.165) is 6.61 Å². The van der Waals surface area contributed by atoms with Crippen molar-refractivity contribution in [2.75, 3.05) is 6.61 Å². The summed E-state index contributed by atoms with van der Waals surface area (Å²) in [5.74, 6) is 0.